The number of aromatic nitrogens is 6. The molecule has 0 unspecified atom stereocenters. The predicted molar refractivity (Wildman–Crippen MR) is 75.0 cm³/mol. The first-order chi connectivity index (χ1) is 11.1. The monoisotopic (exact) mass is 334 g/mol. The highest BCUT2D eigenvalue weighted by molar-refractivity contribution is 7.19. The lowest BCUT2D eigenvalue weighted by Gasteiger charge is -2.00. The van der Waals surface area contributed by atoms with Gasteiger partial charge in [-0.15, -0.1) is 10.2 Å². The second kappa shape index (κ2) is 5.09. The van der Waals surface area contributed by atoms with Gasteiger partial charge in [-0.2, -0.15) is 9.61 Å². The Morgan fingerprint density at radius 1 is 1.00 bits per heavy atom. The highest BCUT2D eigenvalue weighted by Crippen LogP contribution is 2.30. The van der Waals surface area contributed by atoms with Crippen molar-refractivity contribution in [2.24, 2.45) is 0 Å². The van der Waals surface area contributed by atoms with Gasteiger partial charge in [-0.05, 0) is 12.1 Å². The Morgan fingerprint density at radius 2 is 1.87 bits per heavy atom. The zero-order chi connectivity index (χ0) is 16.0. The molecule has 0 spiro atoms. The van der Waals surface area contributed by atoms with Crippen LogP contribution in [0.2, 0.25) is 0 Å². The van der Waals surface area contributed by atoms with Gasteiger partial charge in [-0.3, -0.25) is 4.98 Å². The summed E-state index contributed by atoms with van der Waals surface area (Å²) in [6.45, 7) is 0. The fraction of sp³-hybridized carbons (Fsp3) is 0. The van der Waals surface area contributed by atoms with Gasteiger partial charge in [0.25, 0.3) is 0 Å². The van der Waals surface area contributed by atoms with Gasteiger partial charge in [0.2, 0.25) is 10.8 Å². The minimum atomic E-state index is -1.54. The summed E-state index contributed by atoms with van der Waals surface area (Å²) in [5, 5.41) is 12.2. The molecule has 1 aromatic carbocycles. The minimum Gasteiger partial charge on any atom is -0.261 e. The van der Waals surface area contributed by atoms with Crippen molar-refractivity contribution < 1.29 is 13.2 Å². The average Bonchev–Trinajstić information content (AvgIpc) is 3.14. The summed E-state index contributed by atoms with van der Waals surface area (Å²) < 4.78 is 41.6. The van der Waals surface area contributed by atoms with Crippen LogP contribution in [0.1, 0.15) is 0 Å². The number of hydrogen-bond acceptors (Lipinski definition) is 6. The molecule has 3 heterocycles. The van der Waals surface area contributed by atoms with E-state index < -0.39 is 17.5 Å². The molecule has 114 valence electrons. The van der Waals surface area contributed by atoms with Crippen LogP contribution < -0.4 is 0 Å². The first kappa shape index (κ1) is 13.8. The summed E-state index contributed by atoms with van der Waals surface area (Å²) in [6.07, 6.45) is 4.47. The molecule has 0 radical (unpaired) electrons. The molecule has 10 heteroatoms. The van der Waals surface area contributed by atoms with Gasteiger partial charge >= 0.3 is 0 Å². The van der Waals surface area contributed by atoms with Crippen LogP contribution in [0.3, 0.4) is 0 Å². The summed E-state index contributed by atoms with van der Waals surface area (Å²) in [4.78, 5) is 8.39. The van der Waals surface area contributed by atoms with E-state index in [4.69, 9.17) is 0 Å². The van der Waals surface area contributed by atoms with Crippen LogP contribution in [-0.4, -0.2) is 29.8 Å². The summed E-state index contributed by atoms with van der Waals surface area (Å²) >= 11 is 0.996. The molecule has 0 amide bonds. The van der Waals surface area contributed by atoms with Crippen molar-refractivity contribution >= 4 is 16.3 Å². The maximum absolute atomic E-state index is 13.9. The first-order valence-electron chi connectivity index (χ1n) is 6.27. The molecule has 0 aliphatic rings. The van der Waals surface area contributed by atoms with Crippen LogP contribution in [0.25, 0.3) is 27.1 Å². The molecular formula is C13H5F3N6S. The molecule has 3 aromatic heterocycles. The van der Waals surface area contributed by atoms with Gasteiger partial charge in [0.05, 0.1) is 11.8 Å². The Balaban J connectivity index is 1.88. The smallest absolute Gasteiger partial charge is 0.235 e. The largest absolute Gasteiger partial charge is 0.261 e. The molecule has 0 fully saturated rings. The van der Waals surface area contributed by atoms with Crippen molar-refractivity contribution in [1.29, 1.82) is 0 Å². The Morgan fingerprint density at radius 3 is 2.65 bits per heavy atom. The summed E-state index contributed by atoms with van der Waals surface area (Å²) in [5.74, 6) is -3.77. The fourth-order valence-electron chi connectivity index (χ4n) is 1.99. The Hall–Kier alpha value is -2.88. The van der Waals surface area contributed by atoms with Gasteiger partial charge in [-0.1, -0.05) is 11.3 Å². The zero-order valence-electron chi connectivity index (χ0n) is 11.1. The van der Waals surface area contributed by atoms with Crippen LogP contribution in [0.4, 0.5) is 13.2 Å². The van der Waals surface area contributed by atoms with Crippen molar-refractivity contribution in [3.63, 3.8) is 0 Å². The average molecular weight is 334 g/mol. The van der Waals surface area contributed by atoms with E-state index in [1.807, 2.05) is 0 Å². The van der Waals surface area contributed by atoms with E-state index in [1.165, 1.54) is 23.1 Å². The van der Waals surface area contributed by atoms with E-state index in [-0.39, 0.29) is 10.6 Å². The van der Waals surface area contributed by atoms with E-state index in [1.54, 1.807) is 0 Å². The van der Waals surface area contributed by atoms with Gasteiger partial charge in [-0.25, -0.2) is 18.2 Å². The molecule has 4 aromatic rings. The Labute approximate surface area is 130 Å². The molecule has 0 aliphatic heterocycles. The standard InChI is InChI=1S/C13H5F3N6S/c14-7-2-1-6(9(15)10(7)16)12-21-22-11(19-20-13(22)23-12)8-5-17-3-4-18-8/h1-5H. The Kier molecular flexibility index (Phi) is 3.05. The van der Waals surface area contributed by atoms with E-state index in [0.29, 0.717) is 16.5 Å². The first-order valence-corrected chi connectivity index (χ1v) is 7.09. The number of hydrogen-bond donors (Lipinski definition) is 0. The SMILES string of the molecule is Fc1ccc(-c2nn3c(-c4cnccn4)nnc3s2)c(F)c1F. The van der Waals surface area contributed by atoms with Crippen molar-refractivity contribution in [3.05, 3.63) is 48.2 Å². The van der Waals surface area contributed by atoms with Crippen LogP contribution >= 0.6 is 11.3 Å². The van der Waals surface area contributed by atoms with Crippen LogP contribution in [-0.2, 0) is 0 Å². The van der Waals surface area contributed by atoms with Crippen molar-refractivity contribution in [2.45, 2.75) is 0 Å². The highest BCUT2D eigenvalue weighted by Gasteiger charge is 2.20. The van der Waals surface area contributed by atoms with Crippen LogP contribution in [0, 0.1) is 17.5 Å². The van der Waals surface area contributed by atoms with Crippen molar-refractivity contribution in [2.75, 3.05) is 0 Å². The van der Waals surface area contributed by atoms with Crippen molar-refractivity contribution in [3.8, 4) is 22.1 Å². The second-order valence-electron chi connectivity index (χ2n) is 4.44. The maximum atomic E-state index is 13.9. The highest BCUT2D eigenvalue weighted by atomic mass is 32.1. The normalized spacial score (nSPS) is 11.3. The van der Waals surface area contributed by atoms with Gasteiger partial charge in [0.1, 0.15) is 5.69 Å². The van der Waals surface area contributed by atoms with E-state index in [2.05, 4.69) is 25.3 Å². The molecule has 6 nitrogen and oxygen atoms in total. The minimum absolute atomic E-state index is 0.149. The predicted octanol–water partition coefficient (Wildman–Crippen LogP) is 2.73. The number of benzene rings is 1. The Bertz CT molecular complexity index is 1010. The molecular weight excluding hydrogens is 329 g/mol. The van der Waals surface area contributed by atoms with Gasteiger partial charge in [0.15, 0.2) is 22.5 Å². The lowest BCUT2D eigenvalue weighted by atomic mass is 10.2. The van der Waals surface area contributed by atoms with E-state index >= 15 is 0 Å². The van der Waals surface area contributed by atoms with Gasteiger partial charge in [0, 0.05) is 12.4 Å². The molecule has 0 bridgehead atoms. The third-order valence-corrected chi connectivity index (χ3v) is 3.98. The van der Waals surface area contributed by atoms with Crippen molar-refractivity contribution in [1.82, 2.24) is 29.8 Å². The number of fused-ring (bicyclic) bond motifs is 1. The molecule has 0 aliphatic carbocycles. The molecule has 4 rings (SSSR count). The summed E-state index contributed by atoms with van der Waals surface area (Å²) in [6, 6.07) is 1.97. The summed E-state index contributed by atoms with van der Waals surface area (Å²) in [5.41, 5.74) is 0.284. The van der Waals surface area contributed by atoms with Crippen LogP contribution in [0.5, 0.6) is 0 Å². The molecule has 0 atom stereocenters. The van der Waals surface area contributed by atoms with E-state index in [0.717, 1.165) is 23.5 Å². The topological polar surface area (TPSA) is 68.9 Å². The quantitative estimate of drug-likeness (QED) is 0.527. The molecule has 0 N–H and O–H groups in total. The third-order valence-electron chi connectivity index (χ3n) is 3.05. The van der Waals surface area contributed by atoms with Crippen LogP contribution in [0.15, 0.2) is 30.7 Å². The number of halogens is 3. The van der Waals surface area contributed by atoms with Gasteiger partial charge < -0.3 is 0 Å². The molecule has 23 heavy (non-hydrogen) atoms. The maximum Gasteiger partial charge on any atom is 0.235 e. The third kappa shape index (κ3) is 2.14. The number of nitrogens with zero attached hydrogens (tertiary/aromatic N) is 6. The second-order valence-corrected chi connectivity index (χ2v) is 5.39. The number of rotatable bonds is 2. The lowest BCUT2D eigenvalue weighted by Crippen LogP contribution is -1.96. The van der Waals surface area contributed by atoms with E-state index in [9.17, 15) is 13.2 Å². The summed E-state index contributed by atoms with van der Waals surface area (Å²) in [7, 11) is 0. The zero-order valence-corrected chi connectivity index (χ0v) is 11.9. The fourth-order valence-corrected chi connectivity index (χ4v) is 2.85. The lowest BCUT2D eigenvalue weighted by molar-refractivity contribution is 0.449. The molecule has 0 saturated heterocycles. The molecule has 0 saturated carbocycles.